The van der Waals surface area contributed by atoms with E-state index in [1.54, 1.807) is 6.08 Å². The van der Waals surface area contributed by atoms with Gasteiger partial charge in [-0.2, -0.15) is 5.10 Å². The molecule has 1 N–H and O–H groups in total. The first-order valence-corrected chi connectivity index (χ1v) is 7.54. The first-order valence-electron chi connectivity index (χ1n) is 7.54. The average molecular weight is 291 g/mol. The molecule has 1 saturated heterocycles. The summed E-state index contributed by atoms with van der Waals surface area (Å²) in [6, 6.07) is 0. The fourth-order valence-electron chi connectivity index (χ4n) is 3.07. The van der Waals surface area contributed by atoms with Gasteiger partial charge in [-0.25, -0.2) is 0 Å². The Balaban J connectivity index is 1.89. The number of amides is 1. The van der Waals surface area contributed by atoms with E-state index in [-0.39, 0.29) is 17.9 Å². The van der Waals surface area contributed by atoms with Gasteiger partial charge in [-0.05, 0) is 31.7 Å². The largest absolute Gasteiger partial charge is 0.372 e. The zero-order chi connectivity index (χ0) is 15.4. The van der Waals surface area contributed by atoms with Crippen molar-refractivity contribution in [1.82, 2.24) is 15.1 Å². The minimum atomic E-state index is 0.152. The summed E-state index contributed by atoms with van der Waals surface area (Å²) in [5, 5.41) is 7.20. The van der Waals surface area contributed by atoms with Gasteiger partial charge in [0.15, 0.2) is 0 Å². The minimum Gasteiger partial charge on any atom is -0.372 e. The number of hydrogen-bond acceptors (Lipinski definition) is 3. The number of ether oxygens (including phenoxy) is 1. The number of nitrogens with one attached hydrogen (secondary N) is 1. The van der Waals surface area contributed by atoms with Crippen molar-refractivity contribution in [1.29, 1.82) is 0 Å². The second-order valence-corrected chi connectivity index (χ2v) is 5.83. The lowest BCUT2D eigenvalue weighted by molar-refractivity contribution is -0.131. The zero-order valence-electron chi connectivity index (χ0n) is 13.2. The van der Waals surface area contributed by atoms with Gasteiger partial charge in [0.1, 0.15) is 0 Å². The van der Waals surface area contributed by atoms with Crippen molar-refractivity contribution in [3.8, 4) is 0 Å². The predicted molar refractivity (Wildman–Crippen MR) is 82.2 cm³/mol. The molecule has 1 aromatic rings. The number of aromatic amines is 1. The first kappa shape index (κ1) is 15.8. The van der Waals surface area contributed by atoms with Crippen LogP contribution in [0.5, 0.6) is 0 Å². The summed E-state index contributed by atoms with van der Waals surface area (Å²) in [5.41, 5.74) is 3.21. The summed E-state index contributed by atoms with van der Waals surface area (Å²) in [6.45, 7) is 11.8. The molecule has 2 rings (SSSR count). The quantitative estimate of drug-likeness (QED) is 0.818. The monoisotopic (exact) mass is 291 g/mol. The van der Waals surface area contributed by atoms with Crippen molar-refractivity contribution in [3.63, 3.8) is 0 Å². The summed E-state index contributed by atoms with van der Waals surface area (Å²) in [5.74, 6) is 0.386. The molecule has 1 aliphatic rings. The topological polar surface area (TPSA) is 58.2 Å². The number of aryl methyl sites for hydroxylation is 2. The second-order valence-electron chi connectivity index (χ2n) is 5.83. The lowest BCUT2D eigenvalue weighted by Crippen LogP contribution is -2.31. The Morgan fingerprint density at radius 1 is 1.62 bits per heavy atom. The normalized spacial score (nSPS) is 19.8. The molecule has 1 aromatic heterocycles. The summed E-state index contributed by atoms with van der Waals surface area (Å²) in [7, 11) is 0. The summed E-state index contributed by atoms with van der Waals surface area (Å²) in [4.78, 5) is 14.3. The van der Waals surface area contributed by atoms with Crippen molar-refractivity contribution in [2.75, 3.05) is 19.7 Å². The third-order valence-corrected chi connectivity index (χ3v) is 4.11. The highest BCUT2D eigenvalue weighted by Crippen LogP contribution is 2.26. The molecule has 1 amide bonds. The van der Waals surface area contributed by atoms with Crippen LogP contribution in [-0.2, 0) is 9.53 Å². The van der Waals surface area contributed by atoms with Gasteiger partial charge in [-0.1, -0.05) is 13.0 Å². The van der Waals surface area contributed by atoms with Crippen molar-refractivity contribution < 1.29 is 9.53 Å². The maximum absolute atomic E-state index is 12.4. The molecule has 0 aliphatic carbocycles. The minimum absolute atomic E-state index is 0.152. The van der Waals surface area contributed by atoms with E-state index >= 15 is 0 Å². The van der Waals surface area contributed by atoms with E-state index in [1.165, 1.54) is 5.56 Å². The Morgan fingerprint density at radius 3 is 3.00 bits per heavy atom. The molecule has 2 atom stereocenters. The van der Waals surface area contributed by atoms with Gasteiger partial charge in [0, 0.05) is 25.2 Å². The van der Waals surface area contributed by atoms with Crippen LogP contribution in [0.25, 0.3) is 0 Å². The number of nitrogens with zero attached hydrogens (tertiary/aromatic N) is 2. The van der Waals surface area contributed by atoms with E-state index in [0.717, 1.165) is 24.4 Å². The van der Waals surface area contributed by atoms with Crippen LogP contribution in [0.15, 0.2) is 12.7 Å². The summed E-state index contributed by atoms with van der Waals surface area (Å²) >= 11 is 0. The lowest BCUT2D eigenvalue weighted by Gasteiger charge is -2.19. The van der Waals surface area contributed by atoms with E-state index in [9.17, 15) is 4.79 Å². The Kier molecular flexibility index (Phi) is 5.17. The van der Waals surface area contributed by atoms with Crippen molar-refractivity contribution in [2.24, 2.45) is 0 Å². The van der Waals surface area contributed by atoms with Crippen LogP contribution in [0.3, 0.4) is 0 Å². The molecular weight excluding hydrogens is 266 g/mol. The molecule has 1 fully saturated rings. The van der Waals surface area contributed by atoms with E-state index < -0.39 is 0 Å². The number of hydrogen-bond donors (Lipinski definition) is 1. The van der Waals surface area contributed by atoms with Crippen molar-refractivity contribution in [2.45, 2.75) is 45.6 Å². The molecule has 0 spiro atoms. The fourth-order valence-corrected chi connectivity index (χ4v) is 3.07. The Morgan fingerprint density at radius 2 is 2.38 bits per heavy atom. The van der Waals surface area contributed by atoms with E-state index in [2.05, 4.69) is 23.7 Å². The highest BCUT2D eigenvalue weighted by Gasteiger charge is 2.28. The number of carbonyl (C=O) groups excluding carboxylic acids is 1. The maximum atomic E-state index is 12.4. The summed E-state index contributed by atoms with van der Waals surface area (Å²) in [6.07, 6.45) is 3.34. The van der Waals surface area contributed by atoms with E-state index in [1.807, 2.05) is 18.7 Å². The molecule has 1 aliphatic heterocycles. The maximum Gasteiger partial charge on any atom is 0.223 e. The number of likely N-dealkylation sites (tertiary alicyclic amines) is 1. The number of aromatic nitrogens is 2. The lowest BCUT2D eigenvalue weighted by atomic mass is 9.95. The molecule has 0 bridgehead atoms. The highest BCUT2D eigenvalue weighted by atomic mass is 16.5. The molecule has 116 valence electrons. The first-order chi connectivity index (χ1) is 10.0. The average Bonchev–Trinajstić information content (AvgIpc) is 3.03. The third kappa shape index (κ3) is 3.73. The van der Waals surface area contributed by atoms with Crippen LogP contribution >= 0.6 is 0 Å². The number of carbonyl (C=O) groups is 1. The van der Waals surface area contributed by atoms with Gasteiger partial charge in [0.2, 0.25) is 5.91 Å². The standard InChI is InChI=1S/C16H25N3O2/c1-5-8-21-14-6-7-19(10-14)15(20)9-11(2)16-12(3)17-18-13(16)4/h5,11,14H,1,6-10H2,2-4H3,(H,17,18)/t11-,14-/m1/s1. The van der Waals surface area contributed by atoms with Gasteiger partial charge in [-0.15, -0.1) is 6.58 Å². The Bertz CT molecular complexity index is 490. The van der Waals surface area contributed by atoms with Crippen LogP contribution in [0, 0.1) is 13.8 Å². The summed E-state index contributed by atoms with van der Waals surface area (Å²) < 4.78 is 5.62. The molecule has 0 unspecified atom stereocenters. The fraction of sp³-hybridized carbons (Fsp3) is 0.625. The second kappa shape index (κ2) is 6.89. The van der Waals surface area contributed by atoms with Crippen LogP contribution < -0.4 is 0 Å². The molecule has 21 heavy (non-hydrogen) atoms. The molecule has 2 heterocycles. The van der Waals surface area contributed by atoms with Gasteiger partial charge < -0.3 is 9.64 Å². The number of H-pyrrole nitrogens is 1. The van der Waals surface area contributed by atoms with Crippen LogP contribution in [0.2, 0.25) is 0 Å². The smallest absolute Gasteiger partial charge is 0.223 e. The SMILES string of the molecule is C=CCO[C@@H]1CCN(C(=O)C[C@@H](C)c2c(C)n[nH]c2C)C1. The third-order valence-electron chi connectivity index (χ3n) is 4.11. The molecule has 0 radical (unpaired) electrons. The van der Waals surface area contributed by atoms with Gasteiger partial charge in [0.05, 0.1) is 18.4 Å². The van der Waals surface area contributed by atoms with E-state index in [4.69, 9.17) is 4.74 Å². The van der Waals surface area contributed by atoms with Gasteiger partial charge >= 0.3 is 0 Å². The van der Waals surface area contributed by atoms with Gasteiger partial charge in [0.25, 0.3) is 0 Å². The molecule has 0 saturated carbocycles. The molecule has 0 aromatic carbocycles. The van der Waals surface area contributed by atoms with Crippen molar-refractivity contribution >= 4 is 5.91 Å². The van der Waals surface area contributed by atoms with Crippen LogP contribution in [0.1, 0.15) is 42.6 Å². The van der Waals surface area contributed by atoms with Crippen LogP contribution in [0.4, 0.5) is 0 Å². The highest BCUT2D eigenvalue weighted by molar-refractivity contribution is 5.77. The van der Waals surface area contributed by atoms with Crippen LogP contribution in [-0.4, -0.2) is 46.8 Å². The molecular formula is C16H25N3O2. The molecule has 5 heteroatoms. The molecule has 5 nitrogen and oxygen atoms in total. The number of rotatable bonds is 6. The Hall–Kier alpha value is -1.62. The van der Waals surface area contributed by atoms with Crippen molar-refractivity contribution in [3.05, 3.63) is 29.6 Å². The predicted octanol–water partition coefficient (Wildman–Crippen LogP) is 2.32. The van der Waals surface area contributed by atoms with Gasteiger partial charge in [-0.3, -0.25) is 9.89 Å². The Labute approximate surface area is 126 Å². The zero-order valence-corrected chi connectivity index (χ0v) is 13.2. The van der Waals surface area contributed by atoms with E-state index in [0.29, 0.717) is 19.6 Å².